The fraction of sp³-hybridized carbons (Fsp3) is 0.440. The number of hydrogen-bond acceptors (Lipinski definition) is 5. The van der Waals surface area contributed by atoms with E-state index in [1.165, 1.54) is 4.31 Å². The van der Waals surface area contributed by atoms with E-state index in [0.717, 1.165) is 11.1 Å². The number of sulfonamides is 1. The SMILES string of the molecule is Cc1cccc(CS(=O)(=O)N2CCC(C(=O)Nc3ccccc3C(=O)N3CCOCC3)CC2)c1. The van der Waals surface area contributed by atoms with Crippen molar-refractivity contribution in [1.29, 1.82) is 0 Å². The van der Waals surface area contributed by atoms with Crippen LogP contribution >= 0.6 is 0 Å². The fourth-order valence-corrected chi connectivity index (χ4v) is 6.00. The van der Waals surface area contributed by atoms with Gasteiger partial charge in [-0.2, -0.15) is 0 Å². The number of carbonyl (C=O) groups is 2. The van der Waals surface area contributed by atoms with Crippen LogP contribution in [0.3, 0.4) is 0 Å². The predicted molar refractivity (Wildman–Crippen MR) is 130 cm³/mol. The Bertz CT molecular complexity index is 1140. The molecule has 2 fully saturated rings. The highest BCUT2D eigenvalue weighted by molar-refractivity contribution is 7.88. The molecule has 0 atom stereocenters. The molecule has 0 saturated carbocycles. The number of amides is 2. The van der Waals surface area contributed by atoms with Gasteiger partial charge in [-0.1, -0.05) is 42.0 Å². The number of aryl methyl sites for hydroxylation is 1. The maximum Gasteiger partial charge on any atom is 0.256 e. The summed E-state index contributed by atoms with van der Waals surface area (Å²) in [4.78, 5) is 27.7. The van der Waals surface area contributed by atoms with Crippen LogP contribution in [-0.2, 0) is 25.3 Å². The summed E-state index contributed by atoms with van der Waals surface area (Å²) in [6.45, 7) is 4.61. The Morgan fingerprint density at radius 1 is 1.00 bits per heavy atom. The molecule has 0 aromatic heterocycles. The quantitative estimate of drug-likeness (QED) is 0.679. The summed E-state index contributed by atoms with van der Waals surface area (Å²) in [5.41, 5.74) is 2.73. The first-order valence-corrected chi connectivity index (χ1v) is 13.2. The topological polar surface area (TPSA) is 96.0 Å². The highest BCUT2D eigenvalue weighted by Gasteiger charge is 2.32. The van der Waals surface area contributed by atoms with Gasteiger partial charge in [-0.15, -0.1) is 0 Å². The minimum absolute atomic E-state index is 0.0391. The number of morpholine rings is 1. The van der Waals surface area contributed by atoms with Gasteiger partial charge >= 0.3 is 0 Å². The van der Waals surface area contributed by atoms with E-state index in [0.29, 0.717) is 63.5 Å². The summed E-state index contributed by atoms with van der Waals surface area (Å²) >= 11 is 0. The lowest BCUT2D eigenvalue weighted by Gasteiger charge is -2.31. The lowest BCUT2D eigenvalue weighted by Crippen LogP contribution is -2.42. The van der Waals surface area contributed by atoms with Gasteiger partial charge in [0.1, 0.15) is 0 Å². The summed E-state index contributed by atoms with van der Waals surface area (Å²) < 4.78 is 32.6. The summed E-state index contributed by atoms with van der Waals surface area (Å²) in [7, 11) is -3.45. The number of anilines is 1. The van der Waals surface area contributed by atoms with Crippen LogP contribution in [0.15, 0.2) is 48.5 Å². The number of nitrogens with zero attached hydrogens (tertiary/aromatic N) is 2. The number of carbonyl (C=O) groups excluding carboxylic acids is 2. The van der Waals surface area contributed by atoms with Crippen LogP contribution in [0.4, 0.5) is 5.69 Å². The Morgan fingerprint density at radius 3 is 2.41 bits per heavy atom. The van der Waals surface area contributed by atoms with Gasteiger partial charge in [-0.25, -0.2) is 12.7 Å². The van der Waals surface area contributed by atoms with E-state index in [1.54, 1.807) is 29.2 Å². The number of rotatable bonds is 6. The molecule has 34 heavy (non-hydrogen) atoms. The second kappa shape index (κ2) is 10.7. The maximum absolute atomic E-state index is 13.0. The molecular formula is C25H31N3O5S. The second-order valence-corrected chi connectivity index (χ2v) is 10.8. The lowest BCUT2D eigenvalue weighted by atomic mass is 9.97. The van der Waals surface area contributed by atoms with Crippen LogP contribution in [0.2, 0.25) is 0 Å². The molecule has 8 nitrogen and oxygen atoms in total. The van der Waals surface area contributed by atoms with E-state index < -0.39 is 10.0 Å². The minimum Gasteiger partial charge on any atom is -0.378 e. The first-order chi connectivity index (χ1) is 16.3. The van der Waals surface area contributed by atoms with Gasteiger partial charge in [0.15, 0.2) is 0 Å². The number of para-hydroxylation sites is 1. The van der Waals surface area contributed by atoms with Crippen molar-refractivity contribution in [2.45, 2.75) is 25.5 Å². The van der Waals surface area contributed by atoms with Crippen molar-refractivity contribution >= 4 is 27.5 Å². The zero-order chi connectivity index (χ0) is 24.1. The van der Waals surface area contributed by atoms with E-state index in [1.807, 2.05) is 31.2 Å². The number of ether oxygens (including phenoxy) is 1. The minimum atomic E-state index is -3.45. The zero-order valence-corrected chi connectivity index (χ0v) is 20.2. The third kappa shape index (κ3) is 5.84. The molecule has 0 unspecified atom stereocenters. The van der Waals surface area contributed by atoms with Crippen molar-refractivity contribution < 1.29 is 22.7 Å². The third-order valence-corrected chi connectivity index (χ3v) is 8.21. The standard InChI is InChI=1S/C25H31N3O5S/c1-19-5-4-6-20(17-19)18-34(31,32)28-11-9-21(10-12-28)24(29)26-23-8-3-2-7-22(23)25(30)27-13-15-33-16-14-27/h2-8,17,21H,9-16,18H2,1H3,(H,26,29). The average molecular weight is 486 g/mol. The van der Waals surface area contributed by atoms with E-state index in [4.69, 9.17) is 4.74 Å². The predicted octanol–water partition coefficient (Wildman–Crippen LogP) is 2.65. The smallest absolute Gasteiger partial charge is 0.256 e. The Kier molecular flexibility index (Phi) is 7.65. The van der Waals surface area contributed by atoms with Crippen molar-refractivity contribution in [1.82, 2.24) is 9.21 Å². The van der Waals surface area contributed by atoms with Crippen LogP contribution in [0.1, 0.15) is 34.3 Å². The molecule has 2 aromatic carbocycles. The summed E-state index contributed by atoms with van der Waals surface area (Å²) in [5.74, 6) is -0.658. The van der Waals surface area contributed by atoms with Gasteiger partial charge in [0.25, 0.3) is 5.91 Å². The summed E-state index contributed by atoms with van der Waals surface area (Å²) in [6.07, 6.45) is 0.886. The molecular weight excluding hydrogens is 454 g/mol. The number of nitrogens with one attached hydrogen (secondary N) is 1. The van der Waals surface area contributed by atoms with Gasteiger partial charge in [0.05, 0.1) is 30.2 Å². The summed E-state index contributed by atoms with van der Waals surface area (Å²) in [5, 5.41) is 2.91. The van der Waals surface area contributed by atoms with Crippen LogP contribution in [0.5, 0.6) is 0 Å². The fourth-order valence-electron chi connectivity index (χ4n) is 4.45. The molecule has 2 aromatic rings. The molecule has 182 valence electrons. The monoisotopic (exact) mass is 485 g/mol. The van der Waals surface area contributed by atoms with Crippen LogP contribution in [0.25, 0.3) is 0 Å². The highest BCUT2D eigenvalue weighted by Crippen LogP contribution is 2.25. The lowest BCUT2D eigenvalue weighted by molar-refractivity contribution is -0.120. The van der Waals surface area contributed by atoms with Crippen molar-refractivity contribution in [3.05, 3.63) is 65.2 Å². The molecule has 0 spiro atoms. The Labute approximate surface area is 200 Å². The Balaban J connectivity index is 1.36. The zero-order valence-electron chi connectivity index (χ0n) is 19.4. The summed E-state index contributed by atoms with van der Waals surface area (Å²) in [6, 6.07) is 14.5. The van der Waals surface area contributed by atoms with Crippen molar-refractivity contribution in [3.8, 4) is 0 Å². The molecule has 1 N–H and O–H groups in total. The maximum atomic E-state index is 13.0. The first kappa shape index (κ1) is 24.4. The molecule has 2 heterocycles. The first-order valence-electron chi connectivity index (χ1n) is 11.6. The van der Waals surface area contributed by atoms with Crippen LogP contribution < -0.4 is 5.32 Å². The molecule has 0 aliphatic carbocycles. The Morgan fingerprint density at radius 2 is 1.71 bits per heavy atom. The molecule has 2 saturated heterocycles. The molecule has 0 bridgehead atoms. The van der Waals surface area contributed by atoms with Gasteiger partial charge < -0.3 is 15.0 Å². The average Bonchev–Trinajstić information content (AvgIpc) is 2.84. The van der Waals surface area contributed by atoms with Crippen LogP contribution in [0, 0.1) is 12.8 Å². The number of benzene rings is 2. The number of piperidine rings is 1. The third-order valence-electron chi connectivity index (χ3n) is 6.36. The van der Waals surface area contributed by atoms with Crippen LogP contribution in [-0.4, -0.2) is 68.8 Å². The van der Waals surface area contributed by atoms with E-state index in [2.05, 4.69) is 5.32 Å². The van der Waals surface area contributed by atoms with Gasteiger partial charge in [-0.05, 0) is 37.5 Å². The molecule has 0 radical (unpaired) electrons. The largest absolute Gasteiger partial charge is 0.378 e. The molecule has 2 aliphatic heterocycles. The number of hydrogen-bond donors (Lipinski definition) is 1. The van der Waals surface area contributed by atoms with Gasteiger partial charge in [0, 0.05) is 32.1 Å². The van der Waals surface area contributed by atoms with Gasteiger partial charge in [0.2, 0.25) is 15.9 Å². The van der Waals surface area contributed by atoms with E-state index in [-0.39, 0.29) is 23.5 Å². The van der Waals surface area contributed by atoms with Crippen molar-refractivity contribution in [2.75, 3.05) is 44.7 Å². The highest BCUT2D eigenvalue weighted by atomic mass is 32.2. The van der Waals surface area contributed by atoms with E-state index in [9.17, 15) is 18.0 Å². The van der Waals surface area contributed by atoms with Gasteiger partial charge in [-0.3, -0.25) is 9.59 Å². The molecule has 9 heteroatoms. The molecule has 2 aliphatic rings. The second-order valence-electron chi connectivity index (χ2n) is 8.86. The van der Waals surface area contributed by atoms with Crippen molar-refractivity contribution in [2.24, 2.45) is 5.92 Å². The molecule has 2 amide bonds. The molecule has 4 rings (SSSR count). The Hall–Kier alpha value is -2.75. The van der Waals surface area contributed by atoms with Crippen molar-refractivity contribution in [3.63, 3.8) is 0 Å². The van der Waals surface area contributed by atoms with E-state index >= 15 is 0 Å². The normalized spacial score (nSPS) is 18.0.